The molecule has 6 heteroatoms. The van der Waals surface area contributed by atoms with Crippen LogP contribution in [0.3, 0.4) is 0 Å². The first-order valence-corrected chi connectivity index (χ1v) is 8.62. The first-order chi connectivity index (χ1) is 9.94. The molecule has 1 aliphatic heterocycles. The minimum absolute atomic E-state index is 0.0698. The summed E-state index contributed by atoms with van der Waals surface area (Å²) in [6.45, 7) is 3.76. The monoisotopic (exact) mass is 307 g/mol. The number of carbonyl (C=O) groups excluding carboxylic acids is 1. The van der Waals surface area contributed by atoms with Gasteiger partial charge in [-0.2, -0.15) is 0 Å². The minimum atomic E-state index is -0.839. The zero-order valence-electron chi connectivity index (χ0n) is 12.7. The van der Waals surface area contributed by atoms with Gasteiger partial charge in [-0.15, -0.1) is 0 Å². The van der Waals surface area contributed by atoms with E-state index in [9.17, 15) is 9.90 Å². The van der Waals surface area contributed by atoms with Gasteiger partial charge in [-0.3, -0.25) is 9.69 Å². The lowest BCUT2D eigenvalue weighted by Gasteiger charge is -2.40. The van der Waals surface area contributed by atoms with E-state index in [1.807, 2.05) is 26.3 Å². The highest BCUT2D eigenvalue weighted by Gasteiger charge is 2.46. The molecule has 3 unspecified atom stereocenters. The third kappa shape index (κ3) is 2.44. The second-order valence-electron chi connectivity index (χ2n) is 6.28. The van der Waals surface area contributed by atoms with E-state index < -0.39 is 5.60 Å². The third-order valence-electron chi connectivity index (χ3n) is 4.61. The van der Waals surface area contributed by atoms with Gasteiger partial charge in [-0.05, 0) is 38.9 Å². The third-order valence-corrected chi connectivity index (χ3v) is 5.17. The number of anilines is 1. The summed E-state index contributed by atoms with van der Waals surface area (Å²) < 4.78 is 0. The lowest BCUT2D eigenvalue weighted by molar-refractivity contribution is -0.124. The molecule has 5 nitrogen and oxygen atoms in total. The molecule has 1 aromatic rings. The second kappa shape index (κ2) is 5.25. The fourth-order valence-corrected chi connectivity index (χ4v) is 3.77. The number of aromatic nitrogens is 2. The first-order valence-electron chi connectivity index (χ1n) is 7.39. The van der Waals surface area contributed by atoms with Crippen molar-refractivity contribution in [2.75, 3.05) is 11.2 Å². The molecule has 3 rings (SSSR count). The Hall–Kier alpha value is -1.14. The molecule has 1 saturated carbocycles. The van der Waals surface area contributed by atoms with Crippen molar-refractivity contribution < 1.29 is 9.90 Å². The first kappa shape index (κ1) is 14.8. The van der Waals surface area contributed by atoms with E-state index in [1.54, 1.807) is 4.90 Å². The molecule has 0 aromatic carbocycles. The molecular formula is C15H21N3O2S. The zero-order valence-corrected chi connectivity index (χ0v) is 13.5. The van der Waals surface area contributed by atoms with Crippen LogP contribution in [-0.4, -0.2) is 38.9 Å². The number of rotatable bonds is 2. The van der Waals surface area contributed by atoms with Crippen LogP contribution in [0.1, 0.15) is 38.7 Å². The predicted molar refractivity (Wildman–Crippen MR) is 82.4 cm³/mol. The molecule has 2 heterocycles. The van der Waals surface area contributed by atoms with Crippen LogP contribution in [-0.2, 0) is 11.2 Å². The Balaban J connectivity index is 2.08. The van der Waals surface area contributed by atoms with Gasteiger partial charge in [-0.25, -0.2) is 9.97 Å². The smallest absolute Gasteiger partial charge is 0.231 e. The predicted octanol–water partition coefficient (Wildman–Crippen LogP) is 2.03. The average molecular weight is 307 g/mol. The molecule has 1 N–H and O–H groups in total. The van der Waals surface area contributed by atoms with Gasteiger partial charge in [-0.1, -0.05) is 18.7 Å². The number of carbonyl (C=O) groups is 1. The molecule has 1 amide bonds. The van der Waals surface area contributed by atoms with Gasteiger partial charge in [0.2, 0.25) is 5.91 Å². The standard InChI is InChI=1S/C15H21N3O2S/c1-9-7-10-8-16-14(21-3)17-12(10)18(13(9)19)11-5-4-6-15(11,2)20/h8-9,11,20H,4-7H2,1-3H3. The van der Waals surface area contributed by atoms with Crippen molar-refractivity contribution in [2.24, 2.45) is 5.92 Å². The van der Waals surface area contributed by atoms with Crippen LogP contribution in [0, 0.1) is 5.92 Å². The zero-order chi connectivity index (χ0) is 15.2. The maximum absolute atomic E-state index is 12.7. The maximum Gasteiger partial charge on any atom is 0.231 e. The normalized spacial score (nSPS) is 32.4. The highest BCUT2D eigenvalue weighted by molar-refractivity contribution is 7.98. The van der Waals surface area contributed by atoms with E-state index in [4.69, 9.17) is 0 Å². The van der Waals surface area contributed by atoms with Crippen LogP contribution >= 0.6 is 11.8 Å². The van der Waals surface area contributed by atoms with Crippen molar-refractivity contribution in [1.29, 1.82) is 0 Å². The van der Waals surface area contributed by atoms with Crippen LogP contribution < -0.4 is 4.90 Å². The molecular weight excluding hydrogens is 286 g/mol. The molecule has 0 radical (unpaired) electrons. The molecule has 1 aromatic heterocycles. The summed E-state index contributed by atoms with van der Waals surface area (Å²) >= 11 is 1.47. The molecule has 0 saturated heterocycles. The van der Waals surface area contributed by atoms with Crippen LogP contribution in [0.4, 0.5) is 5.82 Å². The average Bonchev–Trinajstić information content (AvgIpc) is 2.79. The molecule has 0 bridgehead atoms. The molecule has 114 valence electrons. The largest absolute Gasteiger partial charge is 0.388 e. The lowest BCUT2D eigenvalue weighted by Crippen LogP contribution is -2.54. The number of thioether (sulfide) groups is 1. The highest BCUT2D eigenvalue weighted by Crippen LogP contribution is 2.40. The summed E-state index contributed by atoms with van der Waals surface area (Å²) in [6, 6.07) is -0.184. The van der Waals surface area contributed by atoms with Crippen LogP contribution in [0.5, 0.6) is 0 Å². The Kier molecular flexibility index (Phi) is 3.69. The Morgan fingerprint density at radius 3 is 2.90 bits per heavy atom. The van der Waals surface area contributed by atoms with Crippen molar-refractivity contribution in [3.63, 3.8) is 0 Å². The minimum Gasteiger partial charge on any atom is -0.388 e. The van der Waals surface area contributed by atoms with Crippen molar-refractivity contribution in [3.8, 4) is 0 Å². The molecule has 1 aliphatic carbocycles. The Morgan fingerprint density at radius 1 is 1.52 bits per heavy atom. The van der Waals surface area contributed by atoms with Gasteiger partial charge >= 0.3 is 0 Å². The van der Waals surface area contributed by atoms with Gasteiger partial charge in [0.25, 0.3) is 0 Å². The van der Waals surface area contributed by atoms with Crippen LogP contribution in [0.15, 0.2) is 11.4 Å². The van der Waals surface area contributed by atoms with Gasteiger partial charge in [0, 0.05) is 17.7 Å². The van der Waals surface area contributed by atoms with Crippen molar-refractivity contribution in [1.82, 2.24) is 9.97 Å². The quantitative estimate of drug-likeness (QED) is 0.669. The van der Waals surface area contributed by atoms with E-state index in [0.717, 1.165) is 24.8 Å². The van der Waals surface area contributed by atoms with E-state index in [-0.39, 0.29) is 17.9 Å². The number of hydrogen-bond donors (Lipinski definition) is 1. The van der Waals surface area contributed by atoms with E-state index in [1.165, 1.54) is 11.8 Å². The molecule has 21 heavy (non-hydrogen) atoms. The maximum atomic E-state index is 12.7. The molecule has 1 fully saturated rings. The summed E-state index contributed by atoms with van der Waals surface area (Å²) in [7, 11) is 0. The van der Waals surface area contributed by atoms with Gasteiger partial charge < -0.3 is 5.11 Å². The number of hydrogen-bond acceptors (Lipinski definition) is 5. The van der Waals surface area contributed by atoms with Gasteiger partial charge in [0.1, 0.15) is 5.82 Å². The highest BCUT2D eigenvalue weighted by atomic mass is 32.2. The summed E-state index contributed by atoms with van der Waals surface area (Å²) in [5.41, 5.74) is 0.164. The number of nitrogens with zero attached hydrogens (tertiary/aromatic N) is 3. The topological polar surface area (TPSA) is 66.3 Å². The Labute approximate surface area is 129 Å². The van der Waals surface area contributed by atoms with Gasteiger partial charge in [0.15, 0.2) is 5.16 Å². The fourth-order valence-electron chi connectivity index (χ4n) is 3.43. The summed E-state index contributed by atoms with van der Waals surface area (Å²) in [6.07, 6.45) is 6.91. The summed E-state index contributed by atoms with van der Waals surface area (Å²) in [5.74, 6) is 0.683. The van der Waals surface area contributed by atoms with E-state index in [0.29, 0.717) is 17.4 Å². The molecule has 0 spiro atoms. The Bertz CT molecular complexity index is 576. The van der Waals surface area contributed by atoms with Crippen LogP contribution in [0.2, 0.25) is 0 Å². The molecule has 3 atom stereocenters. The number of amides is 1. The van der Waals surface area contributed by atoms with Crippen LogP contribution in [0.25, 0.3) is 0 Å². The lowest BCUT2D eigenvalue weighted by atomic mass is 9.91. The number of aliphatic hydroxyl groups is 1. The van der Waals surface area contributed by atoms with Crippen molar-refractivity contribution in [3.05, 3.63) is 11.8 Å². The SMILES string of the molecule is CSc1ncc2c(n1)N(C1CCCC1(C)O)C(=O)C(C)C2. The second-order valence-corrected chi connectivity index (χ2v) is 7.06. The molecule has 2 aliphatic rings. The fraction of sp³-hybridized carbons (Fsp3) is 0.667. The summed E-state index contributed by atoms with van der Waals surface area (Å²) in [5, 5.41) is 11.3. The van der Waals surface area contributed by atoms with E-state index in [2.05, 4.69) is 9.97 Å². The summed E-state index contributed by atoms with van der Waals surface area (Å²) in [4.78, 5) is 23.3. The van der Waals surface area contributed by atoms with E-state index >= 15 is 0 Å². The number of fused-ring (bicyclic) bond motifs is 1. The Morgan fingerprint density at radius 2 is 2.29 bits per heavy atom. The van der Waals surface area contributed by atoms with Gasteiger partial charge in [0.05, 0.1) is 11.6 Å². The van der Waals surface area contributed by atoms with Crippen molar-refractivity contribution in [2.45, 2.75) is 56.3 Å². The van der Waals surface area contributed by atoms with Crippen molar-refractivity contribution >= 4 is 23.5 Å².